The molecule has 0 aliphatic rings. The summed E-state index contributed by atoms with van der Waals surface area (Å²) in [7, 11) is -2.14. The van der Waals surface area contributed by atoms with Gasteiger partial charge < -0.3 is 10.1 Å². The molecule has 128 valence electrons. The first kappa shape index (κ1) is 18.0. The molecule has 0 saturated carbocycles. The van der Waals surface area contributed by atoms with Crippen molar-refractivity contribution in [1.29, 1.82) is 0 Å². The van der Waals surface area contributed by atoms with Crippen molar-refractivity contribution >= 4 is 38.9 Å². The Morgan fingerprint density at radius 3 is 2.50 bits per heavy atom. The summed E-state index contributed by atoms with van der Waals surface area (Å²) in [6, 6.07) is 7.82. The van der Waals surface area contributed by atoms with Gasteiger partial charge >= 0.3 is 0 Å². The van der Waals surface area contributed by atoms with Crippen LogP contribution < -0.4 is 14.8 Å². The van der Waals surface area contributed by atoms with Crippen LogP contribution in [0.1, 0.15) is 10.4 Å². The lowest BCUT2D eigenvalue weighted by molar-refractivity contribution is 0.102. The molecule has 0 aliphatic carbocycles. The van der Waals surface area contributed by atoms with E-state index >= 15 is 0 Å². The highest BCUT2D eigenvalue weighted by molar-refractivity contribution is 7.92. The van der Waals surface area contributed by atoms with Gasteiger partial charge in [0.2, 0.25) is 10.0 Å². The molecule has 0 aliphatic heterocycles. The number of methoxy groups -OCH3 is 1. The Bertz CT molecular complexity index is 887. The number of anilines is 2. The number of ether oxygens (including phenoxy) is 1. The topological polar surface area (TPSA) is 84.5 Å². The predicted octanol–water partition coefficient (Wildman–Crippen LogP) is 3.11. The third-order valence-corrected chi connectivity index (χ3v) is 3.83. The largest absolute Gasteiger partial charge is 0.495 e. The monoisotopic (exact) mass is 372 g/mol. The van der Waals surface area contributed by atoms with Crippen LogP contribution in [0.15, 0.2) is 36.4 Å². The molecule has 0 atom stereocenters. The number of sulfonamides is 1. The minimum absolute atomic E-state index is 0.0319. The number of carbonyl (C=O) groups excluding carboxylic acids is 1. The van der Waals surface area contributed by atoms with Crippen LogP contribution in [0.25, 0.3) is 0 Å². The second-order valence-corrected chi connectivity index (χ2v) is 7.02. The first-order valence-electron chi connectivity index (χ1n) is 6.62. The van der Waals surface area contributed by atoms with Gasteiger partial charge in [-0.25, -0.2) is 12.8 Å². The van der Waals surface area contributed by atoms with Gasteiger partial charge in [-0.2, -0.15) is 0 Å². The lowest BCUT2D eigenvalue weighted by Gasteiger charge is -2.13. The number of nitrogens with one attached hydrogen (secondary N) is 2. The van der Waals surface area contributed by atoms with Crippen LogP contribution >= 0.6 is 11.6 Å². The van der Waals surface area contributed by atoms with Gasteiger partial charge in [0.15, 0.2) is 0 Å². The summed E-state index contributed by atoms with van der Waals surface area (Å²) in [5.41, 5.74) is 0.571. The number of hydrogen-bond acceptors (Lipinski definition) is 4. The van der Waals surface area contributed by atoms with Crippen LogP contribution in [0.4, 0.5) is 15.8 Å². The van der Waals surface area contributed by atoms with Crippen molar-refractivity contribution < 1.29 is 22.3 Å². The molecule has 2 aromatic rings. The molecule has 0 fully saturated rings. The molecule has 0 saturated heterocycles. The van der Waals surface area contributed by atoms with Crippen molar-refractivity contribution in [2.24, 2.45) is 0 Å². The van der Waals surface area contributed by atoms with Gasteiger partial charge in [0.1, 0.15) is 11.6 Å². The molecule has 1 amide bonds. The second-order valence-electron chi connectivity index (χ2n) is 4.87. The van der Waals surface area contributed by atoms with Gasteiger partial charge in [-0.1, -0.05) is 11.6 Å². The highest BCUT2D eigenvalue weighted by atomic mass is 35.5. The number of hydrogen-bond donors (Lipinski definition) is 2. The lowest BCUT2D eigenvalue weighted by atomic mass is 10.2. The van der Waals surface area contributed by atoms with Gasteiger partial charge in [-0.15, -0.1) is 0 Å². The van der Waals surface area contributed by atoms with Crippen LogP contribution in [0.5, 0.6) is 5.75 Å². The molecule has 0 bridgehead atoms. The average Bonchev–Trinajstić information content (AvgIpc) is 2.45. The van der Waals surface area contributed by atoms with Crippen molar-refractivity contribution in [2.75, 3.05) is 23.4 Å². The van der Waals surface area contributed by atoms with Gasteiger partial charge in [0.05, 0.1) is 29.6 Å². The first-order valence-corrected chi connectivity index (χ1v) is 8.89. The molecule has 9 heteroatoms. The molecule has 0 unspecified atom stereocenters. The molecule has 6 nitrogen and oxygen atoms in total. The van der Waals surface area contributed by atoms with Crippen molar-refractivity contribution in [2.45, 2.75) is 0 Å². The van der Waals surface area contributed by atoms with E-state index in [1.165, 1.54) is 31.4 Å². The zero-order chi connectivity index (χ0) is 17.9. The lowest BCUT2D eigenvalue weighted by Crippen LogP contribution is -2.14. The maximum Gasteiger partial charge on any atom is 0.257 e. The van der Waals surface area contributed by atoms with Crippen molar-refractivity contribution in [3.63, 3.8) is 0 Å². The fraction of sp³-hybridized carbons (Fsp3) is 0.133. The fourth-order valence-corrected chi connectivity index (χ4v) is 2.75. The zero-order valence-electron chi connectivity index (χ0n) is 12.8. The third-order valence-electron chi connectivity index (χ3n) is 2.93. The summed E-state index contributed by atoms with van der Waals surface area (Å²) >= 11 is 5.84. The SMILES string of the molecule is COc1ccc(NC(=O)c2ccc(F)cc2Cl)cc1NS(C)(=O)=O. The normalized spacial score (nSPS) is 11.0. The maximum absolute atomic E-state index is 13.0. The summed E-state index contributed by atoms with van der Waals surface area (Å²) in [6.07, 6.45) is 0.996. The van der Waals surface area contributed by atoms with E-state index in [0.717, 1.165) is 18.4 Å². The molecular weight excluding hydrogens is 359 g/mol. The Balaban J connectivity index is 2.29. The maximum atomic E-state index is 13.0. The minimum Gasteiger partial charge on any atom is -0.495 e. The number of carbonyl (C=O) groups is 1. The average molecular weight is 373 g/mol. The third kappa shape index (κ3) is 4.59. The van der Waals surface area contributed by atoms with E-state index in [1.807, 2.05) is 0 Å². The Hall–Kier alpha value is -2.32. The molecule has 0 spiro atoms. The van der Waals surface area contributed by atoms with E-state index in [0.29, 0.717) is 11.4 Å². The van der Waals surface area contributed by atoms with Gasteiger partial charge in [-0.05, 0) is 36.4 Å². The highest BCUT2D eigenvalue weighted by Crippen LogP contribution is 2.29. The fourth-order valence-electron chi connectivity index (χ4n) is 1.94. The second kappa shape index (κ2) is 7.06. The molecule has 0 aromatic heterocycles. The van der Waals surface area contributed by atoms with E-state index in [1.54, 1.807) is 0 Å². The Morgan fingerprint density at radius 1 is 1.21 bits per heavy atom. The van der Waals surface area contributed by atoms with Gasteiger partial charge in [0, 0.05) is 5.69 Å². The van der Waals surface area contributed by atoms with Crippen LogP contribution in [0.3, 0.4) is 0 Å². The van der Waals surface area contributed by atoms with E-state index in [-0.39, 0.29) is 16.3 Å². The Kier molecular flexibility index (Phi) is 5.30. The Labute approximate surface area is 143 Å². The molecule has 2 N–H and O–H groups in total. The number of benzene rings is 2. The molecular formula is C15H14ClFN2O4S. The van der Waals surface area contributed by atoms with Crippen LogP contribution in [-0.2, 0) is 10.0 Å². The quantitative estimate of drug-likeness (QED) is 0.844. The summed E-state index contributed by atoms with van der Waals surface area (Å²) < 4.78 is 43.2. The number of amides is 1. The molecule has 0 radical (unpaired) electrons. The number of rotatable bonds is 5. The van der Waals surface area contributed by atoms with Crippen LogP contribution in [-0.4, -0.2) is 27.7 Å². The summed E-state index contributed by atoms with van der Waals surface area (Å²) in [5.74, 6) is -0.825. The molecule has 0 heterocycles. The molecule has 2 rings (SSSR count). The first-order chi connectivity index (χ1) is 11.2. The minimum atomic E-state index is -3.52. The Morgan fingerprint density at radius 2 is 1.92 bits per heavy atom. The smallest absolute Gasteiger partial charge is 0.257 e. The van der Waals surface area contributed by atoms with E-state index in [9.17, 15) is 17.6 Å². The zero-order valence-corrected chi connectivity index (χ0v) is 14.3. The highest BCUT2D eigenvalue weighted by Gasteiger charge is 2.14. The summed E-state index contributed by atoms with van der Waals surface area (Å²) in [4.78, 5) is 12.2. The van der Waals surface area contributed by atoms with Gasteiger partial charge in [0.25, 0.3) is 5.91 Å². The summed E-state index contributed by atoms with van der Waals surface area (Å²) in [6.45, 7) is 0. The van der Waals surface area contributed by atoms with Crippen LogP contribution in [0.2, 0.25) is 5.02 Å². The van der Waals surface area contributed by atoms with Crippen molar-refractivity contribution in [3.05, 3.63) is 52.8 Å². The summed E-state index contributed by atoms with van der Waals surface area (Å²) in [5, 5.41) is 2.53. The van der Waals surface area contributed by atoms with Crippen LogP contribution in [0, 0.1) is 5.82 Å². The van der Waals surface area contributed by atoms with E-state index in [4.69, 9.17) is 16.3 Å². The van der Waals surface area contributed by atoms with E-state index in [2.05, 4.69) is 10.0 Å². The van der Waals surface area contributed by atoms with E-state index < -0.39 is 21.7 Å². The molecule has 2 aromatic carbocycles. The number of halogens is 2. The van der Waals surface area contributed by atoms with Crippen molar-refractivity contribution in [1.82, 2.24) is 0 Å². The van der Waals surface area contributed by atoms with Gasteiger partial charge in [-0.3, -0.25) is 9.52 Å². The standard InChI is InChI=1S/C15H14ClFN2O4S/c1-23-14-6-4-10(8-13(14)19-24(2,21)22)18-15(20)11-5-3-9(17)7-12(11)16/h3-8,19H,1-2H3,(H,18,20). The van der Waals surface area contributed by atoms with Crippen molar-refractivity contribution in [3.8, 4) is 5.75 Å². The molecule has 24 heavy (non-hydrogen) atoms. The predicted molar refractivity (Wildman–Crippen MR) is 90.8 cm³/mol.